The molecule has 0 spiro atoms. The molecule has 1 aliphatic rings. The molecule has 17 heavy (non-hydrogen) atoms. The molecular weight excluding hydrogens is 216 g/mol. The second kappa shape index (κ2) is 4.06. The van der Waals surface area contributed by atoms with Crippen molar-refractivity contribution >= 4 is 5.97 Å². The van der Waals surface area contributed by atoms with Gasteiger partial charge in [-0.15, -0.1) is 0 Å². The smallest absolute Gasteiger partial charge is 0.310 e. The lowest BCUT2D eigenvalue weighted by Crippen LogP contribution is -2.31. The zero-order valence-electron chi connectivity index (χ0n) is 10.5. The number of hydrogen-bond donors (Lipinski definition) is 1. The lowest BCUT2D eigenvalue weighted by atomic mass is 9.76. The fraction of sp³-hybridized carbons (Fsp3) is 0.500. The average molecular weight is 234 g/mol. The summed E-state index contributed by atoms with van der Waals surface area (Å²) in [7, 11) is 1.63. The Labute approximate surface area is 101 Å². The van der Waals surface area contributed by atoms with Gasteiger partial charge in [-0.1, -0.05) is 19.1 Å². The molecule has 0 saturated heterocycles. The first-order valence-electron chi connectivity index (χ1n) is 5.93. The number of benzene rings is 1. The van der Waals surface area contributed by atoms with E-state index in [-0.39, 0.29) is 5.92 Å². The van der Waals surface area contributed by atoms with E-state index < -0.39 is 11.4 Å². The zero-order valence-corrected chi connectivity index (χ0v) is 10.5. The number of carbonyl (C=O) groups is 1. The topological polar surface area (TPSA) is 46.5 Å². The molecule has 1 aliphatic carbocycles. The molecule has 0 radical (unpaired) electrons. The number of methoxy groups -OCH3 is 1. The third-order valence-electron chi connectivity index (χ3n) is 3.97. The standard InChI is InChI=1S/C14H18O3/c1-4-11-9-6-5-7-12(17-3)10(9)8-14(11,2)13(15)16/h5-7,11H,4,8H2,1-3H3,(H,15,16). The Morgan fingerprint density at radius 2 is 2.29 bits per heavy atom. The SMILES string of the molecule is CCC1c2cccc(OC)c2CC1(C)C(=O)O. The van der Waals surface area contributed by atoms with Crippen molar-refractivity contribution in [2.24, 2.45) is 5.41 Å². The van der Waals surface area contributed by atoms with E-state index in [1.807, 2.05) is 32.0 Å². The Balaban J connectivity index is 2.55. The van der Waals surface area contributed by atoms with E-state index in [9.17, 15) is 9.90 Å². The number of ether oxygens (including phenoxy) is 1. The Bertz CT molecular complexity index is 453. The molecule has 1 N–H and O–H groups in total. The van der Waals surface area contributed by atoms with Crippen LogP contribution in [0.1, 0.15) is 37.3 Å². The first-order chi connectivity index (χ1) is 8.04. The molecule has 0 aliphatic heterocycles. The van der Waals surface area contributed by atoms with Gasteiger partial charge in [-0.05, 0) is 37.0 Å². The predicted molar refractivity (Wildman–Crippen MR) is 65.5 cm³/mol. The fourth-order valence-electron chi connectivity index (χ4n) is 3.02. The zero-order chi connectivity index (χ0) is 12.6. The number of fused-ring (bicyclic) bond motifs is 1. The number of hydrogen-bond acceptors (Lipinski definition) is 2. The maximum absolute atomic E-state index is 11.5. The van der Waals surface area contributed by atoms with E-state index in [2.05, 4.69) is 0 Å². The maximum atomic E-state index is 11.5. The molecular formula is C14H18O3. The summed E-state index contributed by atoms with van der Waals surface area (Å²) in [6.45, 7) is 3.88. The molecule has 0 saturated carbocycles. The highest BCUT2D eigenvalue weighted by Crippen LogP contribution is 2.51. The van der Waals surface area contributed by atoms with Crippen LogP contribution in [-0.2, 0) is 11.2 Å². The van der Waals surface area contributed by atoms with Crippen molar-refractivity contribution in [3.63, 3.8) is 0 Å². The van der Waals surface area contributed by atoms with Gasteiger partial charge in [0.2, 0.25) is 0 Å². The van der Waals surface area contributed by atoms with E-state index in [0.717, 1.165) is 23.3 Å². The van der Waals surface area contributed by atoms with Gasteiger partial charge in [0.05, 0.1) is 12.5 Å². The quantitative estimate of drug-likeness (QED) is 0.874. The average Bonchev–Trinajstić information content (AvgIpc) is 2.61. The molecule has 3 nitrogen and oxygen atoms in total. The molecule has 2 atom stereocenters. The molecule has 2 unspecified atom stereocenters. The summed E-state index contributed by atoms with van der Waals surface area (Å²) in [5.74, 6) is 0.165. The second-order valence-corrected chi connectivity index (χ2v) is 4.89. The van der Waals surface area contributed by atoms with Crippen LogP contribution < -0.4 is 4.74 Å². The molecule has 0 aromatic heterocycles. The molecule has 1 aromatic rings. The minimum Gasteiger partial charge on any atom is -0.496 e. The van der Waals surface area contributed by atoms with Gasteiger partial charge in [-0.3, -0.25) is 4.79 Å². The maximum Gasteiger partial charge on any atom is 0.310 e. The van der Waals surface area contributed by atoms with Gasteiger partial charge in [0, 0.05) is 5.92 Å². The van der Waals surface area contributed by atoms with Crippen LogP contribution >= 0.6 is 0 Å². The summed E-state index contributed by atoms with van der Waals surface area (Å²) in [4.78, 5) is 11.5. The van der Waals surface area contributed by atoms with Crippen molar-refractivity contribution in [1.82, 2.24) is 0 Å². The van der Waals surface area contributed by atoms with Crippen LogP contribution in [0.25, 0.3) is 0 Å². The highest BCUT2D eigenvalue weighted by atomic mass is 16.5. The number of aliphatic carboxylic acids is 1. The van der Waals surface area contributed by atoms with Crippen molar-refractivity contribution in [1.29, 1.82) is 0 Å². The van der Waals surface area contributed by atoms with Gasteiger partial charge in [0.1, 0.15) is 5.75 Å². The first-order valence-corrected chi connectivity index (χ1v) is 5.93. The lowest BCUT2D eigenvalue weighted by molar-refractivity contribution is -0.148. The van der Waals surface area contributed by atoms with Crippen molar-refractivity contribution < 1.29 is 14.6 Å². The summed E-state index contributed by atoms with van der Waals surface area (Å²) >= 11 is 0. The first kappa shape index (κ1) is 12.0. The van der Waals surface area contributed by atoms with Crippen LogP contribution in [0.5, 0.6) is 5.75 Å². The highest BCUT2D eigenvalue weighted by molar-refractivity contribution is 5.78. The summed E-state index contributed by atoms with van der Waals surface area (Å²) in [6, 6.07) is 5.87. The fourth-order valence-corrected chi connectivity index (χ4v) is 3.02. The van der Waals surface area contributed by atoms with Crippen LogP contribution in [0, 0.1) is 5.41 Å². The van der Waals surface area contributed by atoms with E-state index in [1.165, 1.54) is 0 Å². The molecule has 1 aromatic carbocycles. The minimum atomic E-state index is -0.720. The Kier molecular flexibility index (Phi) is 2.86. The highest BCUT2D eigenvalue weighted by Gasteiger charge is 2.48. The Hall–Kier alpha value is -1.51. The van der Waals surface area contributed by atoms with Crippen LogP contribution in [0.3, 0.4) is 0 Å². The summed E-state index contributed by atoms with van der Waals surface area (Å²) < 4.78 is 5.33. The van der Waals surface area contributed by atoms with Crippen LogP contribution in [-0.4, -0.2) is 18.2 Å². The molecule has 0 fully saturated rings. The third kappa shape index (κ3) is 1.61. The monoisotopic (exact) mass is 234 g/mol. The molecule has 0 amide bonds. The van der Waals surface area contributed by atoms with Crippen LogP contribution in [0.4, 0.5) is 0 Å². The van der Waals surface area contributed by atoms with E-state index in [1.54, 1.807) is 7.11 Å². The summed E-state index contributed by atoms with van der Waals surface area (Å²) in [6.07, 6.45) is 1.39. The van der Waals surface area contributed by atoms with Crippen LogP contribution in [0.15, 0.2) is 18.2 Å². The largest absolute Gasteiger partial charge is 0.496 e. The van der Waals surface area contributed by atoms with Gasteiger partial charge in [0.15, 0.2) is 0 Å². The Morgan fingerprint density at radius 3 is 2.82 bits per heavy atom. The molecule has 3 heteroatoms. The predicted octanol–water partition coefficient (Wildman–Crippen LogP) is 2.84. The van der Waals surface area contributed by atoms with Crippen molar-refractivity contribution in [3.05, 3.63) is 29.3 Å². The van der Waals surface area contributed by atoms with Gasteiger partial charge >= 0.3 is 5.97 Å². The van der Waals surface area contributed by atoms with Crippen molar-refractivity contribution in [3.8, 4) is 5.75 Å². The molecule has 92 valence electrons. The number of rotatable bonds is 3. The van der Waals surface area contributed by atoms with Gasteiger partial charge < -0.3 is 9.84 Å². The molecule has 0 bridgehead atoms. The van der Waals surface area contributed by atoms with Crippen molar-refractivity contribution in [2.45, 2.75) is 32.6 Å². The van der Waals surface area contributed by atoms with E-state index in [4.69, 9.17) is 4.74 Å². The third-order valence-corrected chi connectivity index (χ3v) is 3.97. The molecule has 2 rings (SSSR count). The van der Waals surface area contributed by atoms with E-state index in [0.29, 0.717) is 6.42 Å². The normalized spacial score (nSPS) is 26.6. The minimum absolute atomic E-state index is 0.0742. The second-order valence-electron chi connectivity index (χ2n) is 4.89. The summed E-state index contributed by atoms with van der Waals surface area (Å²) in [5, 5.41) is 9.47. The van der Waals surface area contributed by atoms with Gasteiger partial charge in [0.25, 0.3) is 0 Å². The van der Waals surface area contributed by atoms with Gasteiger partial charge in [-0.2, -0.15) is 0 Å². The van der Waals surface area contributed by atoms with Crippen LogP contribution in [0.2, 0.25) is 0 Å². The number of carboxylic acid groups (broad SMARTS) is 1. The summed E-state index contributed by atoms with van der Waals surface area (Å²) in [5.41, 5.74) is 1.50. The van der Waals surface area contributed by atoms with E-state index >= 15 is 0 Å². The Morgan fingerprint density at radius 1 is 1.59 bits per heavy atom. The lowest BCUT2D eigenvalue weighted by Gasteiger charge is -2.26. The molecule has 0 heterocycles. The number of carboxylic acids is 1. The van der Waals surface area contributed by atoms with Crippen molar-refractivity contribution in [2.75, 3.05) is 7.11 Å². The van der Waals surface area contributed by atoms with Gasteiger partial charge in [-0.25, -0.2) is 0 Å².